The van der Waals surface area contributed by atoms with Gasteiger partial charge >= 0.3 is 6.16 Å². The van der Waals surface area contributed by atoms with Gasteiger partial charge in [-0.1, -0.05) is 0 Å². The van der Waals surface area contributed by atoms with Gasteiger partial charge in [0.1, 0.15) is 17.4 Å². The number of carbonyl (C=O) groups excluding carboxylic acids is 1. The average Bonchev–Trinajstić information content (AvgIpc) is 2.90. The largest absolute Gasteiger partial charge is 0.513 e. The van der Waals surface area contributed by atoms with E-state index in [2.05, 4.69) is 20.1 Å². The molecule has 0 radical (unpaired) electrons. The van der Waals surface area contributed by atoms with Crippen LogP contribution in [0.5, 0.6) is 0 Å². The maximum atomic E-state index is 12.4. The molecule has 186 valence electrons. The fraction of sp³-hybridized carbons (Fsp3) is 0.500. The highest BCUT2D eigenvalue weighted by atomic mass is 16.7. The van der Waals surface area contributed by atoms with Crippen molar-refractivity contribution in [1.82, 2.24) is 15.0 Å². The van der Waals surface area contributed by atoms with Crippen LogP contribution in [0.25, 0.3) is 0 Å². The number of pyridine rings is 1. The lowest BCUT2D eigenvalue weighted by atomic mass is 9.87. The van der Waals surface area contributed by atoms with Gasteiger partial charge in [0.2, 0.25) is 5.95 Å². The van der Waals surface area contributed by atoms with E-state index < -0.39 is 12.1 Å². The fourth-order valence-corrected chi connectivity index (χ4v) is 4.56. The fourth-order valence-electron chi connectivity index (χ4n) is 4.56. The Labute approximate surface area is 204 Å². The highest BCUT2D eigenvalue weighted by molar-refractivity contribution is 5.73. The number of anilines is 3. The van der Waals surface area contributed by atoms with E-state index >= 15 is 0 Å². The van der Waals surface area contributed by atoms with Crippen LogP contribution in [-0.4, -0.2) is 80.3 Å². The summed E-state index contributed by atoms with van der Waals surface area (Å²) in [7, 11) is 0. The molecule has 35 heavy (non-hydrogen) atoms. The van der Waals surface area contributed by atoms with Crippen molar-refractivity contribution in [3.05, 3.63) is 47.1 Å². The molecular formula is C24H30N6O5. The van der Waals surface area contributed by atoms with Gasteiger partial charge in [0, 0.05) is 38.6 Å². The Bertz CT molecular complexity index is 1080. The zero-order valence-corrected chi connectivity index (χ0v) is 20.0. The molecule has 11 nitrogen and oxygen atoms in total. The molecule has 2 aromatic rings. The number of rotatable bonds is 5. The minimum absolute atomic E-state index is 0.222. The van der Waals surface area contributed by atoms with E-state index in [-0.39, 0.29) is 6.61 Å². The highest BCUT2D eigenvalue weighted by Gasteiger charge is 2.37. The second-order valence-electron chi connectivity index (χ2n) is 8.42. The lowest BCUT2D eigenvalue weighted by Crippen LogP contribution is -2.41. The van der Waals surface area contributed by atoms with Crippen molar-refractivity contribution in [2.45, 2.75) is 19.8 Å². The van der Waals surface area contributed by atoms with Crippen LogP contribution in [0.15, 0.2) is 36.0 Å². The van der Waals surface area contributed by atoms with E-state index in [1.165, 1.54) is 0 Å². The van der Waals surface area contributed by atoms with Crippen LogP contribution in [0.3, 0.4) is 0 Å². The Morgan fingerprint density at radius 2 is 1.71 bits per heavy atom. The van der Waals surface area contributed by atoms with Crippen LogP contribution in [0.4, 0.5) is 22.4 Å². The Morgan fingerprint density at radius 1 is 1.06 bits per heavy atom. The summed E-state index contributed by atoms with van der Waals surface area (Å²) in [6.07, 6.45) is 2.71. The molecule has 3 aliphatic rings. The van der Waals surface area contributed by atoms with E-state index in [9.17, 15) is 4.79 Å². The van der Waals surface area contributed by atoms with Crippen molar-refractivity contribution in [1.29, 1.82) is 0 Å². The zero-order chi connectivity index (χ0) is 24.2. The van der Waals surface area contributed by atoms with Crippen LogP contribution in [0.1, 0.15) is 30.9 Å². The second-order valence-corrected chi connectivity index (χ2v) is 8.42. The molecule has 2 saturated heterocycles. The molecule has 0 amide bonds. The van der Waals surface area contributed by atoms with Crippen LogP contribution < -0.4 is 15.1 Å². The maximum absolute atomic E-state index is 12.4. The van der Waals surface area contributed by atoms with Gasteiger partial charge in [0.05, 0.1) is 50.2 Å². The third kappa shape index (κ3) is 4.87. The number of aromatic nitrogens is 3. The molecule has 0 aliphatic carbocycles. The van der Waals surface area contributed by atoms with Gasteiger partial charge in [-0.3, -0.25) is 4.98 Å². The Kier molecular flexibility index (Phi) is 6.96. The molecule has 1 N–H and O–H groups in total. The minimum atomic E-state index is -0.745. The SMILES string of the molecule is CCOC(=O)OC1=C(C)Nc2nc(N3CCOCC3)nc(N3CCOCC3)c2C1c1ccncc1. The maximum Gasteiger partial charge on any atom is 0.513 e. The molecule has 5 heterocycles. The normalized spacial score (nSPS) is 20.2. The summed E-state index contributed by atoms with van der Waals surface area (Å²) in [5, 5.41) is 3.38. The first-order valence-electron chi connectivity index (χ1n) is 11.9. The number of allylic oxidation sites excluding steroid dienone is 2. The van der Waals surface area contributed by atoms with Crippen molar-refractivity contribution in [2.75, 3.05) is 74.3 Å². The topological polar surface area (TPSA) is 111 Å². The summed E-state index contributed by atoms with van der Waals surface area (Å²) >= 11 is 0. The van der Waals surface area contributed by atoms with E-state index in [1.54, 1.807) is 19.3 Å². The number of morpholine rings is 2. The van der Waals surface area contributed by atoms with Gasteiger partial charge in [0.15, 0.2) is 0 Å². The van der Waals surface area contributed by atoms with E-state index in [4.69, 9.17) is 28.9 Å². The third-order valence-corrected chi connectivity index (χ3v) is 6.24. The number of hydrogen-bond donors (Lipinski definition) is 1. The lowest BCUT2D eigenvalue weighted by Gasteiger charge is -2.36. The summed E-state index contributed by atoms with van der Waals surface area (Å²) in [5.74, 6) is 2.18. The first-order valence-corrected chi connectivity index (χ1v) is 11.9. The van der Waals surface area contributed by atoms with Crippen molar-refractivity contribution >= 4 is 23.7 Å². The molecule has 0 bridgehead atoms. The lowest BCUT2D eigenvalue weighted by molar-refractivity contribution is 0.0777. The highest BCUT2D eigenvalue weighted by Crippen LogP contribution is 2.46. The van der Waals surface area contributed by atoms with Crippen molar-refractivity contribution in [2.24, 2.45) is 0 Å². The predicted octanol–water partition coefficient (Wildman–Crippen LogP) is 2.51. The molecule has 2 aromatic heterocycles. The number of nitrogens with zero attached hydrogens (tertiary/aromatic N) is 5. The monoisotopic (exact) mass is 482 g/mol. The zero-order valence-electron chi connectivity index (χ0n) is 20.0. The number of carbonyl (C=O) groups is 1. The Balaban J connectivity index is 1.66. The van der Waals surface area contributed by atoms with Crippen molar-refractivity contribution in [3.8, 4) is 0 Å². The molecule has 5 rings (SSSR count). The van der Waals surface area contributed by atoms with Gasteiger partial charge in [-0.2, -0.15) is 9.97 Å². The standard InChI is InChI=1S/C24H30N6O5/c1-3-34-24(31)35-20-16(2)26-21-19(18(20)17-4-6-25-7-5-17)22(29-8-12-32-13-9-29)28-23(27-21)30-10-14-33-15-11-30/h4-7,18H,3,8-15H2,1-2H3,(H,26,27,28). The van der Waals surface area contributed by atoms with Crippen LogP contribution in [0.2, 0.25) is 0 Å². The second kappa shape index (κ2) is 10.4. The predicted molar refractivity (Wildman–Crippen MR) is 129 cm³/mol. The van der Waals surface area contributed by atoms with Gasteiger partial charge in [-0.15, -0.1) is 0 Å². The van der Waals surface area contributed by atoms with E-state index in [0.29, 0.717) is 62.7 Å². The first kappa shape index (κ1) is 23.3. The van der Waals surface area contributed by atoms with Gasteiger partial charge in [-0.05, 0) is 31.5 Å². The van der Waals surface area contributed by atoms with Gasteiger partial charge < -0.3 is 34.1 Å². The van der Waals surface area contributed by atoms with E-state index in [1.807, 2.05) is 19.1 Å². The summed E-state index contributed by atoms with van der Waals surface area (Å²) < 4.78 is 22.0. The van der Waals surface area contributed by atoms with Crippen molar-refractivity contribution in [3.63, 3.8) is 0 Å². The van der Waals surface area contributed by atoms with Gasteiger partial charge in [-0.25, -0.2) is 4.79 Å². The molecule has 2 fully saturated rings. The average molecular weight is 483 g/mol. The number of fused-ring (bicyclic) bond motifs is 1. The van der Waals surface area contributed by atoms with Gasteiger partial charge in [0.25, 0.3) is 0 Å². The van der Waals surface area contributed by atoms with Crippen LogP contribution in [0, 0.1) is 0 Å². The number of ether oxygens (including phenoxy) is 4. The smallest absolute Gasteiger partial charge is 0.434 e. The molecule has 0 aromatic carbocycles. The molecule has 11 heteroatoms. The molecule has 0 spiro atoms. The first-order chi connectivity index (χ1) is 17.2. The molecule has 1 unspecified atom stereocenters. The Morgan fingerprint density at radius 3 is 2.37 bits per heavy atom. The van der Waals surface area contributed by atoms with E-state index in [0.717, 1.165) is 30.0 Å². The third-order valence-electron chi connectivity index (χ3n) is 6.24. The summed E-state index contributed by atoms with van der Waals surface area (Å²) in [4.78, 5) is 30.9. The van der Waals surface area contributed by atoms with Crippen LogP contribution >= 0.6 is 0 Å². The molecule has 3 aliphatic heterocycles. The number of nitrogens with one attached hydrogen (secondary N) is 1. The van der Waals surface area contributed by atoms with Crippen LogP contribution in [-0.2, 0) is 18.9 Å². The van der Waals surface area contributed by atoms with Crippen molar-refractivity contribution < 1.29 is 23.7 Å². The summed E-state index contributed by atoms with van der Waals surface area (Å²) in [5.41, 5.74) is 2.45. The molecular weight excluding hydrogens is 452 g/mol. The summed E-state index contributed by atoms with van der Waals surface area (Å²) in [6.45, 7) is 9.18. The minimum Gasteiger partial charge on any atom is -0.434 e. The quantitative estimate of drug-likeness (QED) is 0.635. The number of hydrogen-bond acceptors (Lipinski definition) is 11. The molecule has 0 saturated carbocycles. The molecule has 1 atom stereocenters. The summed E-state index contributed by atoms with van der Waals surface area (Å²) in [6, 6.07) is 3.83. The Hall–Kier alpha value is -3.44.